The average Bonchev–Trinajstić information content (AvgIpc) is 3.33. The number of fused-ring (bicyclic) bond motifs is 4. The van der Waals surface area contributed by atoms with E-state index >= 15 is 0 Å². The van der Waals surface area contributed by atoms with E-state index in [1.54, 1.807) is 10.9 Å². The van der Waals surface area contributed by atoms with E-state index in [0.29, 0.717) is 28.7 Å². The maximum absolute atomic E-state index is 13.3. The number of hydrogen-bond acceptors (Lipinski definition) is 5. The lowest BCUT2D eigenvalue weighted by atomic mass is 10.2. The first-order valence-electron chi connectivity index (χ1n) is 9.94. The molecule has 1 aliphatic rings. The van der Waals surface area contributed by atoms with Gasteiger partial charge in [0, 0.05) is 12.6 Å². The number of rotatable bonds is 4. The molecule has 5 rings (SSSR count). The highest BCUT2D eigenvalue weighted by molar-refractivity contribution is 6.04. The van der Waals surface area contributed by atoms with Crippen molar-refractivity contribution in [2.24, 2.45) is 0 Å². The number of nitrogens with zero attached hydrogens (tertiary/aromatic N) is 5. The standard InChI is InChI=1S/C21H23N5O2/c1-3-13(2)26-12-22-19-17(21(26)27)18-20(25(19)11-14-7-6-10-28-14)24-16-9-5-4-8-15(16)23-18/h4-5,8-9,12-14H,3,6-7,10-11H2,1-2H3/t13-,14+/m1/s1. The van der Waals surface area contributed by atoms with Gasteiger partial charge in [-0.3, -0.25) is 9.36 Å². The summed E-state index contributed by atoms with van der Waals surface area (Å²) in [6.45, 7) is 5.51. The van der Waals surface area contributed by atoms with Crippen LogP contribution in [0, 0.1) is 0 Å². The summed E-state index contributed by atoms with van der Waals surface area (Å²) in [6, 6.07) is 7.83. The fraction of sp³-hybridized carbons (Fsp3) is 0.429. The molecule has 4 heterocycles. The lowest BCUT2D eigenvalue weighted by Crippen LogP contribution is -2.24. The van der Waals surface area contributed by atoms with Gasteiger partial charge in [0.1, 0.15) is 17.2 Å². The van der Waals surface area contributed by atoms with Gasteiger partial charge in [0.25, 0.3) is 5.56 Å². The van der Waals surface area contributed by atoms with Crippen LogP contribution in [0.3, 0.4) is 0 Å². The largest absolute Gasteiger partial charge is 0.376 e. The quantitative estimate of drug-likeness (QED) is 0.545. The SMILES string of the molecule is CC[C@@H](C)n1cnc2c(c1=O)c1nc3ccccc3nc1n2C[C@@H]1CCCO1. The van der Waals surface area contributed by atoms with E-state index in [1.807, 2.05) is 35.8 Å². The van der Waals surface area contributed by atoms with E-state index in [-0.39, 0.29) is 17.7 Å². The first-order valence-corrected chi connectivity index (χ1v) is 9.94. The van der Waals surface area contributed by atoms with Crippen LogP contribution in [0.25, 0.3) is 33.2 Å². The second-order valence-electron chi connectivity index (χ2n) is 7.54. The van der Waals surface area contributed by atoms with Gasteiger partial charge in [-0.2, -0.15) is 0 Å². The Kier molecular flexibility index (Phi) is 4.12. The van der Waals surface area contributed by atoms with E-state index in [2.05, 4.69) is 11.9 Å². The molecule has 0 unspecified atom stereocenters. The molecule has 1 fully saturated rings. The molecule has 28 heavy (non-hydrogen) atoms. The molecule has 2 atom stereocenters. The molecule has 0 spiro atoms. The summed E-state index contributed by atoms with van der Waals surface area (Å²) in [5, 5.41) is 0.550. The van der Waals surface area contributed by atoms with Gasteiger partial charge in [-0.15, -0.1) is 0 Å². The molecule has 7 nitrogen and oxygen atoms in total. The van der Waals surface area contributed by atoms with Crippen molar-refractivity contribution in [1.82, 2.24) is 24.1 Å². The van der Waals surface area contributed by atoms with Gasteiger partial charge < -0.3 is 9.30 Å². The molecule has 1 aromatic carbocycles. The normalized spacial score (nSPS) is 18.4. The van der Waals surface area contributed by atoms with Crippen molar-refractivity contribution in [3.63, 3.8) is 0 Å². The molecule has 0 amide bonds. The molecule has 0 saturated carbocycles. The maximum Gasteiger partial charge on any atom is 0.265 e. The number of hydrogen-bond donors (Lipinski definition) is 0. The second-order valence-corrected chi connectivity index (χ2v) is 7.54. The third-order valence-electron chi connectivity index (χ3n) is 5.75. The molecule has 1 saturated heterocycles. The first kappa shape index (κ1) is 17.3. The molecule has 4 aromatic rings. The third-order valence-corrected chi connectivity index (χ3v) is 5.75. The molecular weight excluding hydrogens is 354 g/mol. The lowest BCUT2D eigenvalue weighted by Gasteiger charge is -2.14. The summed E-state index contributed by atoms with van der Waals surface area (Å²) >= 11 is 0. The van der Waals surface area contributed by atoms with Crippen LogP contribution in [-0.2, 0) is 11.3 Å². The van der Waals surface area contributed by atoms with Gasteiger partial charge in [0.15, 0.2) is 11.3 Å². The number of para-hydroxylation sites is 2. The Bertz CT molecular complexity index is 1240. The zero-order valence-corrected chi connectivity index (χ0v) is 16.1. The van der Waals surface area contributed by atoms with Crippen LogP contribution in [0.1, 0.15) is 39.2 Å². The summed E-state index contributed by atoms with van der Waals surface area (Å²) in [4.78, 5) is 27.7. The average molecular weight is 377 g/mol. The molecule has 0 N–H and O–H groups in total. The minimum Gasteiger partial charge on any atom is -0.376 e. The van der Waals surface area contributed by atoms with E-state index in [1.165, 1.54) is 0 Å². The van der Waals surface area contributed by atoms with Crippen LogP contribution in [0.15, 0.2) is 35.4 Å². The molecule has 144 valence electrons. The fourth-order valence-corrected chi connectivity index (χ4v) is 3.99. The zero-order valence-electron chi connectivity index (χ0n) is 16.1. The van der Waals surface area contributed by atoms with Crippen molar-refractivity contribution in [3.8, 4) is 0 Å². The van der Waals surface area contributed by atoms with Gasteiger partial charge in [-0.25, -0.2) is 15.0 Å². The van der Waals surface area contributed by atoms with Crippen LogP contribution in [0.5, 0.6) is 0 Å². The van der Waals surface area contributed by atoms with Crippen LogP contribution in [-0.4, -0.2) is 36.8 Å². The van der Waals surface area contributed by atoms with Crippen molar-refractivity contribution < 1.29 is 4.74 Å². The summed E-state index contributed by atoms with van der Waals surface area (Å²) in [5.74, 6) is 0. The van der Waals surface area contributed by atoms with Gasteiger partial charge >= 0.3 is 0 Å². The highest BCUT2D eigenvalue weighted by Crippen LogP contribution is 2.27. The summed E-state index contributed by atoms with van der Waals surface area (Å²) in [5.41, 5.74) is 3.51. The Labute approximate surface area is 162 Å². The predicted octanol–water partition coefficient (Wildman–Crippen LogP) is 3.44. The smallest absolute Gasteiger partial charge is 0.265 e. The number of ether oxygens (including phenoxy) is 1. The van der Waals surface area contributed by atoms with Gasteiger partial charge in [-0.05, 0) is 38.3 Å². The van der Waals surface area contributed by atoms with Crippen molar-refractivity contribution in [2.45, 2.75) is 51.8 Å². The highest BCUT2D eigenvalue weighted by atomic mass is 16.5. The Balaban J connectivity index is 1.85. The maximum atomic E-state index is 13.3. The molecule has 3 aromatic heterocycles. The first-order chi connectivity index (χ1) is 13.7. The van der Waals surface area contributed by atoms with E-state index in [4.69, 9.17) is 14.7 Å². The topological polar surface area (TPSA) is 74.8 Å². The molecule has 0 radical (unpaired) electrons. The van der Waals surface area contributed by atoms with Gasteiger partial charge in [0.05, 0.1) is 23.7 Å². The van der Waals surface area contributed by atoms with Crippen LogP contribution < -0.4 is 5.56 Å². The number of benzene rings is 1. The number of aromatic nitrogens is 5. The predicted molar refractivity (Wildman–Crippen MR) is 109 cm³/mol. The third kappa shape index (κ3) is 2.61. The molecule has 1 aliphatic heterocycles. The van der Waals surface area contributed by atoms with Crippen molar-refractivity contribution in [2.75, 3.05) is 6.61 Å². The van der Waals surface area contributed by atoms with Gasteiger partial charge in [0.2, 0.25) is 0 Å². The van der Waals surface area contributed by atoms with E-state index in [9.17, 15) is 4.79 Å². The van der Waals surface area contributed by atoms with Crippen LogP contribution >= 0.6 is 0 Å². The lowest BCUT2D eigenvalue weighted by molar-refractivity contribution is 0.0987. The second kappa shape index (κ2) is 6.67. The zero-order chi connectivity index (χ0) is 19.3. The van der Waals surface area contributed by atoms with E-state index < -0.39 is 0 Å². The minimum atomic E-state index is -0.0555. The van der Waals surface area contributed by atoms with Crippen molar-refractivity contribution in [3.05, 3.63) is 40.9 Å². The summed E-state index contributed by atoms with van der Waals surface area (Å²) < 4.78 is 9.56. The summed E-state index contributed by atoms with van der Waals surface area (Å²) in [7, 11) is 0. The Morgan fingerprint density at radius 3 is 2.71 bits per heavy atom. The van der Waals surface area contributed by atoms with Crippen LogP contribution in [0.4, 0.5) is 0 Å². The molecule has 0 aliphatic carbocycles. The Morgan fingerprint density at radius 1 is 1.21 bits per heavy atom. The van der Waals surface area contributed by atoms with Gasteiger partial charge in [-0.1, -0.05) is 19.1 Å². The monoisotopic (exact) mass is 377 g/mol. The minimum absolute atomic E-state index is 0.0555. The van der Waals surface area contributed by atoms with Crippen molar-refractivity contribution >= 4 is 33.2 Å². The van der Waals surface area contributed by atoms with E-state index in [0.717, 1.165) is 36.9 Å². The molecular formula is C21H23N5O2. The van der Waals surface area contributed by atoms with Crippen LogP contribution in [0.2, 0.25) is 0 Å². The highest BCUT2D eigenvalue weighted by Gasteiger charge is 2.24. The Morgan fingerprint density at radius 2 is 2.00 bits per heavy atom. The Hall–Kier alpha value is -2.80. The molecule has 7 heteroatoms. The fourth-order valence-electron chi connectivity index (χ4n) is 3.99. The van der Waals surface area contributed by atoms with Crippen molar-refractivity contribution in [1.29, 1.82) is 0 Å². The summed E-state index contributed by atoms with van der Waals surface area (Å²) in [6.07, 6.45) is 4.70. The molecule has 0 bridgehead atoms.